The summed E-state index contributed by atoms with van der Waals surface area (Å²) in [5.41, 5.74) is -0.392. The Morgan fingerprint density at radius 2 is 2.12 bits per heavy atom. The van der Waals surface area contributed by atoms with Crippen LogP contribution in [0.3, 0.4) is 0 Å². The molecule has 1 aromatic heterocycles. The molecule has 2 rings (SSSR count). The minimum Gasteiger partial charge on any atom is -0.386 e. The van der Waals surface area contributed by atoms with E-state index in [0.717, 1.165) is 6.07 Å². The van der Waals surface area contributed by atoms with E-state index in [4.69, 9.17) is 4.74 Å². The molecule has 1 aromatic rings. The number of rotatable bonds is 0. The molecule has 0 aliphatic carbocycles. The molecule has 2 heterocycles. The molecule has 0 amide bonds. The van der Waals surface area contributed by atoms with Gasteiger partial charge in [-0.1, -0.05) is 6.07 Å². The summed E-state index contributed by atoms with van der Waals surface area (Å²) in [6.45, 7) is 1.69. The van der Waals surface area contributed by atoms with Gasteiger partial charge < -0.3 is 9.84 Å². The van der Waals surface area contributed by atoms with Crippen LogP contribution < -0.4 is 0 Å². The lowest BCUT2D eigenvalue weighted by Gasteiger charge is -2.26. The number of pyridine rings is 1. The Morgan fingerprint density at radius 3 is 2.75 bits per heavy atom. The molecule has 6 heteroatoms. The van der Waals surface area contributed by atoms with Crippen LogP contribution in [0.15, 0.2) is 12.1 Å². The monoisotopic (exact) mass is 233 g/mol. The van der Waals surface area contributed by atoms with Gasteiger partial charge in [0.05, 0.1) is 18.4 Å². The van der Waals surface area contributed by atoms with Gasteiger partial charge in [-0.2, -0.15) is 13.2 Å². The Kier molecular flexibility index (Phi) is 2.63. The van der Waals surface area contributed by atoms with Crippen molar-refractivity contribution in [2.45, 2.75) is 25.3 Å². The lowest BCUT2D eigenvalue weighted by atomic mass is 10.0. The minimum absolute atomic E-state index is 0.0845. The van der Waals surface area contributed by atoms with Crippen LogP contribution in [0.25, 0.3) is 0 Å². The van der Waals surface area contributed by atoms with Crippen molar-refractivity contribution in [1.82, 2.24) is 4.98 Å². The molecule has 0 aromatic carbocycles. The van der Waals surface area contributed by atoms with Crippen molar-refractivity contribution >= 4 is 0 Å². The Balaban J connectivity index is 2.48. The maximum Gasteiger partial charge on any atom is 0.433 e. The van der Waals surface area contributed by atoms with Gasteiger partial charge in [0.1, 0.15) is 11.8 Å². The van der Waals surface area contributed by atoms with Gasteiger partial charge in [0, 0.05) is 5.56 Å². The predicted octanol–water partition coefficient (Wildman–Crippen LogP) is 2.23. The van der Waals surface area contributed by atoms with Crippen molar-refractivity contribution in [3.8, 4) is 0 Å². The molecule has 88 valence electrons. The normalized spacial score (nSPS) is 25.3. The largest absolute Gasteiger partial charge is 0.433 e. The van der Waals surface area contributed by atoms with Crippen molar-refractivity contribution in [1.29, 1.82) is 0 Å². The van der Waals surface area contributed by atoms with Gasteiger partial charge in [-0.25, -0.2) is 4.98 Å². The third-order valence-corrected chi connectivity index (χ3v) is 2.50. The van der Waals surface area contributed by atoms with Crippen LogP contribution >= 0.6 is 0 Å². The molecular formula is C10H10F3NO2. The molecule has 2 atom stereocenters. The zero-order valence-electron chi connectivity index (χ0n) is 8.45. The van der Waals surface area contributed by atoms with Gasteiger partial charge in [0.25, 0.3) is 0 Å². The maximum atomic E-state index is 12.4. The molecule has 0 saturated carbocycles. The summed E-state index contributed by atoms with van der Waals surface area (Å²) in [5.74, 6) is 0. The van der Waals surface area contributed by atoms with E-state index in [1.54, 1.807) is 6.92 Å². The predicted molar refractivity (Wildman–Crippen MR) is 48.6 cm³/mol. The van der Waals surface area contributed by atoms with E-state index in [-0.39, 0.29) is 12.3 Å². The minimum atomic E-state index is -4.48. The second-order valence-electron chi connectivity index (χ2n) is 3.66. The first-order chi connectivity index (χ1) is 7.39. The Bertz CT molecular complexity index is 406. The number of halogens is 3. The fraction of sp³-hybridized carbons (Fsp3) is 0.500. The van der Waals surface area contributed by atoms with E-state index in [0.29, 0.717) is 5.56 Å². The van der Waals surface area contributed by atoms with Crippen LogP contribution in [-0.4, -0.2) is 16.7 Å². The van der Waals surface area contributed by atoms with Crippen LogP contribution in [0.2, 0.25) is 0 Å². The third kappa shape index (κ3) is 1.90. The van der Waals surface area contributed by atoms with Crippen LogP contribution in [-0.2, 0) is 10.9 Å². The molecule has 0 saturated heterocycles. The Hall–Kier alpha value is -1.14. The standard InChI is InChI=1S/C10H10F3NO2/c1-5-9-6(7(15)4-16-5)2-3-8(14-9)10(11,12)13/h2-3,5,7,15H,4H2,1H3/t5-,7?/m0/s1. The average molecular weight is 233 g/mol. The van der Waals surface area contributed by atoms with Gasteiger partial charge in [-0.05, 0) is 13.0 Å². The fourth-order valence-electron chi connectivity index (χ4n) is 1.66. The summed E-state index contributed by atoms with van der Waals surface area (Å²) in [5, 5.41) is 9.53. The number of aliphatic hydroxyl groups is 1. The molecule has 3 nitrogen and oxygen atoms in total. The van der Waals surface area contributed by atoms with E-state index in [1.807, 2.05) is 0 Å². The molecule has 0 spiro atoms. The summed E-state index contributed by atoms with van der Waals surface area (Å²) in [6, 6.07) is 2.13. The van der Waals surface area contributed by atoms with Gasteiger partial charge in [-0.3, -0.25) is 0 Å². The second kappa shape index (κ2) is 3.71. The second-order valence-corrected chi connectivity index (χ2v) is 3.66. The summed E-state index contributed by atoms with van der Waals surface area (Å²) in [6.07, 6.45) is -5.90. The zero-order chi connectivity index (χ0) is 11.9. The molecule has 16 heavy (non-hydrogen) atoms. The smallest absolute Gasteiger partial charge is 0.386 e. The summed E-state index contributed by atoms with van der Waals surface area (Å²) < 4.78 is 42.4. The van der Waals surface area contributed by atoms with Crippen molar-refractivity contribution < 1.29 is 23.0 Å². The quantitative estimate of drug-likeness (QED) is 0.747. The summed E-state index contributed by atoms with van der Waals surface area (Å²) >= 11 is 0. The number of nitrogens with zero attached hydrogens (tertiary/aromatic N) is 1. The first-order valence-corrected chi connectivity index (χ1v) is 4.77. The molecule has 0 bridgehead atoms. The highest BCUT2D eigenvalue weighted by atomic mass is 19.4. The lowest BCUT2D eigenvalue weighted by molar-refractivity contribution is -0.141. The first-order valence-electron chi connectivity index (χ1n) is 4.77. The average Bonchev–Trinajstić information content (AvgIpc) is 2.22. The maximum absolute atomic E-state index is 12.4. The number of aliphatic hydroxyl groups excluding tert-OH is 1. The van der Waals surface area contributed by atoms with Crippen molar-refractivity contribution in [3.05, 3.63) is 29.1 Å². The third-order valence-electron chi connectivity index (χ3n) is 2.50. The Labute approximate surface area is 89.9 Å². The molecule has 0 radical (unpaired) electrons. The van der Waals surface area contributed by atoms with Crippen LogP contribution in [0, 0.1) is 0 Å². The highest BCUT2D eigenvalue weighted by Crippen LogP contribution is 2.34. The highest BCUT2D eigenvalue weighted by molar-refractivity contribution is 5.29. The van der Waals surface area contributed by atoms with Gasteiger partial charge >= 0.3 is 6.18 Å². The summed E-state index contributed by atoms with van der Waals surface area (Å²) in [4.78, 5) is 3.51. The summed E-state index contributed by atoms with van der Waals surface area (Å²) in [7, 11) is 0. The van der Waals surface area contributed by atoms with E-state index in [9.17, 15) is 18.3 Å². The van der Waals surface area contributed by atoms with E-state index < -0.39 is 24.1 Å². The number of fused-ring (bicyclic) bond motifs is 1. The van der Waals surface area contributed by atoms with Crippen LogP contribution in [0.5, 0.6) is 0 Å². The SMILES string of the molecule is C[C@@H]1OCC(O)c2ccc(C(F)(F)F)nc21. The topological polar surface area (TPSA) is 42.4 Å². The number of hydrogen-bond donors (Lipinski definition) is 1. The lowest BCUT2D eigenvalue weighted by Crippen LogP contribution is -2.22. The van der Waals surface area contributed by atoms with Crippen molar-refractivity contribution in [2.24, 2.45) is 0 Å². The van der Waals surface area contributed by atoms with Gasteiger partial charge in [0.2, 0.25) is 0 Å². The van der Waals surface area contributed by atoms with Crippen molar-refractivity contribution in [2.75, 3.05) is 6.61 Å². The van der Waals surface area contributed by atoms with E-state index in [1.165, 1.54) is 6.07 Å². The molecule has 1 unspecified atom stereocenters. The van der Waals surface area contributed by atoms with Crippen molar-refractivity contribution in [3.63, 3.8) is 0 Å². The number of hydrogen-bond acceptors (Lipinski definition) is 3. The number of ether oxygens (including phenoxy) is 1. The van der Waals surface area contributed by atoms with Crippen LogP contribution in [0.4, 0.5) is 13.2 Å². The first kappa shape index (κ1) is 11.3. The number of aromatic nitrogens is 1. The zero-order valence-corrected chi connectivity index (χ0v) is 8.45. The fourth-order valence-corrected chi connectivity index (χ4v) is 1.66. The molecular weight excluding hydrogens is 223 g/mol. The molecule has 0 fully saturated rings. The van der Waals surface area contributed by atoms with E-state index in [2.05, 4.69) is 4.98 Å². The van der Waals surface area contributed by atoms with Gasteiger partial charge in [0.15, 0.2) is 0 Å². The molecule has 1 aliphatic heterocycles. The highest BCUT2D eigenvalue weighted by Gasteiger charge is 2.35. The molecule has 1 N–H and O–H groups in total. The Morgan fingerprint density at radius 1 is 1.44 bits per heavy atom. The number of alkyl halides is 3. The van der Waals surface area contributed by atoms with E-state index >= 15 is 0 Å². The van der Waals surface area contributed by atoms with Crippen LogP contribution in [0.1, 0.15) is 36.1 Å². The van der Waals surface area contributed by atoms with Gasteiger partial charge in [-0.15, -0.1) is 0 Å². The molecule has 1 aliphatic rings.